The number of fused-ring (bicyclic) bond motifs is 1. The molecule has 0 saturated carbocycles. The normalized spacial score (nSPS) is 15.9. The van der Waals surface area contributed by atoms with Gasteiger partial charge >= 0.3 is 6.09 Å². The number of amides is 1. The second-order valence-corrected chi connectivity index (χ2v) is 6.77. The minimum absolute atomic E-state index is 0.153. The van der Waals surface area contributed by atoms with Crippen molar-refractivity contribution in [1.82, 2.24) is 0 Å². The van der Waals surface area contributed by atoms with Crippen LogP contribution >= 0.6 is 11.8 Å². The average Bonchev–Trinajstić information content (AvgIpc) is 2.62. The quantitative estimate of drug-likeness (QED) is 0.686. The third-order valence-electron chi connectivity index (χ3n) is 3.93. The van der Waals surface area contributed by atoms with Crippen molar-refractivity contribution in [3.63, 3.8) is 0 Å². The van der Waals surface area contributed by atoms with Gasteiger partial charge in [-0.15, -0.1) is 11.8 Å². The molecule has 0 spiro atoms. The van der Waals surface area contributed by atoms with Crippen molar-refractivity contribution in [2.24, 2.45) is 0 Å². The van der Waals surface area contributed by atoms with E-state index in [1.165, 1.54) is 4.90 Å². The summed E-state index contributed by atoms with van der Waals surface area (Å²) in [6.07, 6.45) is 3.82. The fraction of sp³-hybridized carbons (Fsp3) is 0.250. The van der Waals surface area contributed by atoms with E-state index < -0.39 is 0 Å². The van der Waals surface area contributed by atoms with Crippen LogP contribution in [0.15, 0.2) is 59.5 Å². The highest BCUT2D eigenvalue weighted by atomic mass is 32.2. The molecule has 4 heteroatoms. The summed E-state index contributed by atoms with van der Waals surface area (Å²) in [6.45, 7) is 4.33. The van der Waals surface area contributed by atoms with Crippen LogP contribution in [-0.4, -0.2) is 18.5 Å². The van der Waals surface area contributed by atoms with Gasteiger partial charge in [0.25, 0.3) is 0 Å². The second kappa shape index (κ2) is 7.58. The lowest BCUT2D eigenvalue weighted by Crippen LogP contribution is -2.36. The summed E-state index contributed by atoms with van der Waals surface area (Å²) in [5.74, 6) is 1.05. The van der Waals surface area contributed by atoms with Gasteiger partial charge in [-0.2, -0.15) is 0 Å². The van der Waals surface area contributed by atoms with Crippen molar-refractivity contribution in [1.29, 1.82) is 0 Å². The topological polar surface area (TPSA) is 29.5 Å². The standard InChI is InChI=1S/C20H21NO2S/c1-3-23-20(22)21-18-8-6-5-7-15(18)11-14-19(21)16-9-12-17(13-10-16)24-4-2/h5-14,19H,3-4H2,1-2H3. The number of ether oxygens (including phenoxy) is 1. The zero-order valence-electron chi connectivity index (χ0n) is 13.9. The maximum absolute atomic E-state index is 12.6. The summed E-state index contributed by atoms with van der Waals surface area (Å²) in [4.78, 5) is 15.6. The minimum Gasteiger partial charge on any atom is -0.449 e. The molecule has 0 aromatic heterocycles. The van der Waals surface area contributed by atoms with Crippen LogP contribution in [0.25, 0.3) is 6.08 Å². The lowest BCUT2D eigenvalue weighted by Gasteiger charge is -2.33. The molecule has 1 heterocycles. The summed E-state index contributed by atoms with van der Waals surface area (Å²) in [6, 6.07) is 16.1. The number of para-hydroxylation sites is 1. The van der Waals surface area contributed by atoms with Crippen molar-refractivity contribution < 1.29 is 9.53 Å². The van der Waals surface area contributed by atoms with Gasteiger partial charge in [-0.05, 0) is 42.0 Å². The highest BCUT2D eigenvalue weighted by molar-refractivity contribution is 7.99. The number of nitrogens with zero attached hydrogens (tertiary/aromatic N) is 1. The number of carbonyl (C=O) groups is 1. The number of thioether (sulfide) groups is 1. The van der Waals surface area contributed by atoms with Crippen LogP contribution in [0.5, 0.6) is 0 Å². The Bertz CT molecular complexity index is 740. The molecule has 0 aliphatic carbocycles. The molecule has 0 radical (unpaired) electrons. The molecule has 0 saturated heterocycles. The fourth-order valence-electron chi connectivity index (χ4n) is 2.87. The van der Waals surface area contributed by atoms with Gasteiger partial charge in [0.15, 0.2) is 0 Å². The fourth-order valence-corrected chi connectivity index (χ4v) is 3.53. The first-order chi connectivity index (χ1) is 11.7. The molecule has 24 heavy (non-hydrogen) atoms. The van der Waals surface area contributed by atoms with Crippen molar-refractivity contribution in [2.45, 2.75) is 24.8 Å². The summed E-state index contributed by atoms with van der Waals surface area (Å²) in [7, 11) is 0. The molecule has 1 aliphatic heterocycles. The number of hydrogen-bond acceptors (Lipinski definition) is 3. The molecule has 124 valence electrons. The molecule has 0 N–H and O–H groups in total. The molecular weight excluding hydrogens is 318 g/mol. The zero-order chi connectivity index (χ0) is 16.9. The molecule has 1 atom stereocenters. The number of hydrogen-bond donors (Lipinski definition) is 0. The van der Waals surface area contributed by atoms with E-state index in [4.69, 9.17) is 4.74 Å². The van der Waals surface area contributed by atoms with Crippen LogP contribution < -0.4 is 4.90 Å². The molecule has 0 bridgehead atoms. The number of benzene rings is 2. The van der Waals surface area contributed by atoms with Crippen LogP contribution in [-0.2, 0) is 4.74 Å². The molecule has 1 amide bonds. The van der Waals surface area contributed by atoms with Gasteiger partial charge in [0, 0.05) is 4.90 Å². The second-order valence-electron chi connectivity index (χ2n) is 5.43. The largest absolute Gasteiger partial charge is 0.449 e. The molecule has 3 nitrogen and oxygen atoms in total. The Balaban J connectivity index is 1.98. The van der Waals surface area contributed by atoms with E-state index in [2.05, 4.69) is 43.3 Å². The Morgan fingerprint density at radius 1 is 1.12 bits per heavy atom. The van der Waals surface area contributed by atoms with Crippen molar-refractivity contribution in [3.8, 4) is 0 Å². The van der Waals surface area contributed by atoms with Crippen LogP contribution in [0.4, 0.5) is 10.5 Å². The Kier molecular flexibility index (Phi) is 5.26. The van der Waals surface area contributed by atoms with E-state index in [1.54, 1.807) is 4.90 Å². The Labute approximate surface area is 147 Å². The van der Waals surface area contributed by atoms with Crippen LogP contribution in [0.2, 0.25) is 0 Å². The third-order valence-corrected chi connectivity index (χ3v) is 4.82. The van der Waals surface area contributed by atoms with Crippen LogP contribution in [0, 0.1) is 0 Å². The minimum atomic E-state index is -0.314. The molecular formula is C20H21NO2S. The van der Waals surface area contributed by atoms with Crippen LogP contribution in [0.1, 0.15) is 31.0 Å². The third kappa shape index (κ3) is 3.34. The van der Waals surface area contributed by atoms with E-state index in [9.17, 15) is 4.79 Å². The number of anilines is 1. The molecule has 3 rings (SSSR count). The van der Waals surface area contributed by atoms with Gasteiger partial charge in [0.2, 0.25) is 0 Å². The summed E-state index contributed by atoms with van der Waals surface area (Å²) in [5.41, 5.74) is 2.99. The summed E-state index contributed by atoms with van der Waals surface area (Å²) >= 11 is 1.81. The smallest absolute Gasteiger partial charge is 0.415 e. The van der Waals surface area contributed by atoms with Crippen molar-refractivity contribution >= 4 is 29.6 Å². The van der Waals surface area contributed by atoms with Gasteiger partial charge in [-0.1, -0.05) is 49.4 Å². The SMILES string of the molecule is CCOC(=O)N1c2ccccc2C=CC1c1ccc(SCC)cc1. The average molecular weight is 339 g/mol. The molecule has 1 aliphatic rings. The Hall–Kier alpha value is -2.20. The Morgan fingerprint density at radius 2 is 1.88 bits per heavy atom. The first kappa shape index (κ1) is 16.7. The highest BCUT2D eigenvalue weighted by Gasteiger charge is 2.30. The highest BCUT2D eigenvalue weighted by Crippen LogP contribution is 2.37. The lowest BCUT2D eigenvalue weighted by atomic mass is 9.98. The maximum Gasteiger partial charge on any atom is 0.415 e. The predicted molar refractivity (Wildman–Crippen MR) is 101 cm³/mol. The molecule has 1 unspecified atom stereocenters. The molecule has 0 fully saturated rings. The van der Waals surface area contributed by atoms with Gasteiger partial charge < -0.3 is 4.74 Å². The summed E-state index contributed by atoms with van der Waals surface area (Å²) < 4.78 is 5.30. The first-order valence-corrected chi connectivity index (χ1v) is 9.19. The Morgan fingerprint density at radius 3 is 2.58 bits per heavy atom. The molecule has 2 aromatic rings. The van der Waals surface area contributed by atoms with E-state index in [0.29, 0.717) is 6.61 Å². The summed E-state index contributed by atoms with van der Waals surface area (Å²) in [5, 5.41) is 0. The van der Waals surface area contributed by atoms with Gasteiger partial charge in [-0.3, -0.25) is 4.90 Å². The first-order valence-electron chi connectivity index (χ1n) is 8.20. The van der Waals surface area contributed by atoms with E-state index in [0.717, 1.165) is 22.6 Å². The van der Waals surface area contributed by atoms with Crippen molar-refractivity contribution in [3.05, 3.63) is 65.7 Å². The van der Waals surface area contributed by atoms with Crippen molar-refractivity contribution in [2.75, 3.05) is 17.3 Å². The van der Waals surface area contributed by atoms with E-state index >= 15 is 0 Å². The lowest BCUT2D eigenvalue weighted by molar-refractivity contribution is 0.158. The monoisotopic (exact) mass is 339 g/mol. The van der Waals surface area contributed by atoms with Gasteiger partial charge in [0.05, 0.1) is 18.3 Å². The van der Waals surface area contributed by atoms with Gasteiger partial charge in [0.1, 0.15) is 0 Å². The van der Waals surface area contributed by atoms with Crippen LogP contribution in [0.3, 0.4) is 0 Å². The van der Waals surface area contributed by atoms with E-state index in [1.807, 2.05) is 43.0 Å². The predicted octanol–water partition coefficient (Wildman–Crippen LogP) is 5.53. The number of rotatable bonds is 4. The number of carbonyl (C=O) groups excluding carboxylic acids is 1. The maximum atomic E-state index is 12.6. The zero-order valence-corrected chi connectivity index (χ0v) is 14.8. The van der Waals surface area contributed by atoms with E-state index in [-0.39, 0.29) is 12.1 Å². The molecule has 2 aromatic carbocycles. The van der Waals surface area contributed by atoms with Gasteiger partial charge in [-0.25, -0.2) is 4.79 Å².